The number of ether oxygens (including phenoxy) is 1. The van der Waals surface area contributed by atoms with Crippen molar-refractivity contribution in [2.45, 2.75) is 107 Å². The van der Waals surface area contributed by atoms with Crippen LogP contribution in [-0.2, 0) is 14.1 Å². The molecule has 0 fully saturated rings. The monoisotopic (exact) mass is 479 g/mol. The molecular formula is C28H48O4P+. The Hall–Kier alpha value is -1.54. The number of Topliss-reactive ketones (excluding diaryl/α,β-unsaturated/α-hetero) is 1. The van der Waals surface area contributed by atoms with Gasteiger partial charge in [-0.25, -0.2) is 0 Å². The SMILES string of the molecule is CCCCCCCCOC(=O)C(CC(C)CC(C)(C)C)C(=O)c1c(C)cc(C)cc1C.O=[PH2+]. The Labute approximate surface area is 204 Å². The molecule has 0 aliphatic rings. The van der Waals surface area contributed by atoms with E-state index in [0.29, 0.717) is 18.6 Å². The van der Waals surface area contributed by atoms with Gasteiger partial charge in [-0.2, -0.15) is 0 Å². The minimum absolute atomic E-state index is 0.0799. The molecule has 1 aromatic carbocycles. The molecule has 1 aromatic rings. The van der Waals surface area contributed by atoms with Crippen molar-refractivity contribution in [1.29, 1.82) is 0 Å². The largest absolute Gasteiger partial charge is 0.465 e. The van der Waals surface area contributed by atoms with Crippen LogP contribution >= 0.6 is 9.12 Å². The van der Waals surface area contributed by atoms with Crippen LogP contribution in [0.15, 0.2) is 12.1 Å². The molecule has 0 aromatic heterocycles. The summed E-state index contributed by atoms with van der Waals surface area (Å²) in [5.74, 6) is -0.887. The van der Waals surface area contributed by atoms with E-state index < -0.39 is 5.92 Å². The van der Waals surface area contributed by atoms with Crippen LogP contribution in [0.4, 0.5) is 0 Å². The molecule has 0 amide bonds. The summed E-state index contributed by atoms with van der Waals surface area (Å²) in [5.41, 5.74) is 3.87. The smallest absolute Gasteiger partial charge is 0.316 e. The van der Waals surface area contributed by atoms with Gasteiger partial charge in [-0.1, -0.05) is 89.0 Å². The summed E-state index contributed by atoms with van der Waals surface area (Å²) in [6.45, 7) is 17.3. The van der Waals surface area contributed by atoms with Crippen LogP contribution in [0.5, 0.6) is 0 Å². The highest BCUT2D eigenvalue weighted by Gasteiger charge is 2.33. The minimum atomic E-state index is -0.724. The zero-order valence-corrected chi connectivity index (χ0v) is 23.5. The van der Waals surface area contributed by atoms with Gasteiger partial charge in [0.15, 0.2) is 5.78 Å². The number of aryl methyl sites for hydroxylation is 3. The molecule has 0 saturated heterocycles. The first-order valence-electron chi connectivity index (χ1n) is 12.5. The molecule has 33 heavy (non-hydrogen) atoms. The lowest BCUT2D eigenvalue weighted by atomic mass is 9.79. The van der Waals surface area contributed by atoms with Crippen LogP contribution in [0.2, 0.25) is 0 Å². The van der Waals surface area contributed by atoms with E-state index in [-0.39, 0.29) is 23.1 Å². The predicted molar refractivity (Wildman–Crippen MR) is 141 cm³/mol. The Bertz CT molecular complexity index is 713. The van der Waals surface area contributed by atoms with Crippen LogP contribution < -0.4 is 0 Å². The molecule has 0 saturated carbocycles. The lowest BCUT2D eigenvalue weighted by Gasteiger charge is -2.26. The predicted octanol–water partition coefficient (Wildman–Crippen LogP) is 7.98. The van der Waals surface area contributed by atoms with Crippen LogP contribution in [0.25, 0.3) is 0 Å². The number of rotatable bonds is 13. The quantitative estimate of drug-likeness (QED) is 0.0946. The van der Waals surface area contributed by atoms with Gasteiger partial charge in [0.05, 0.1) is 6.61 Å². The highest BCUT2D eigenvalue weighted by atomic mass is 31.0. The zero-order valence-electron chi connectivity index (χ0n) is 22.4. The molecule has 3 unspecified atom stereocenters. The molecule has 0 N–H and O–H groups in total. The van der Waals surface area contributed by atoms with Crippen molar-refractivity contribution in [3.63, 3.8) is 0 Å². The third kappa shape index (κ3) is 12.5. The normalized spacial score (nSPS) is 13.0. The Morgan fingerprint density at radius 2 is 1.45 bits per heavy atom. The maximum absolute atomic E-state index is 13.5. The summed E-state index contributed by atoms with van der Waals surface area (Å²) in [6.07, 6.45) is 8.35. The number of benzene rings is 1. The van der Waals surface area contributed by atoms with Gasteiger partial charge in [-0.3, -0.25) is 9.59 Å². The summed E-state index contributed by atoms with van der Waals surface area (Å²) in [5, 5.41) is 0. The molecule has 1 rings (SSSR count). The number of ketones is 1. The van der Waals surface area contributed by atoms with Crippen molar-refractivity contribution in [2.24, 2.45) is 17.3 Å². The average Bonchev–Trinajstić information content (AvgIpc) is 2.70. The molecule has 0 aliphatic carbocycles. The fraction of sp³-hybridized carbons (Fsp3) is 0.714. The topological polar surface area (TPSA) is 60.4 Å². The Morgan fingerprint density at radius 1 is 0.939 bits per heavy atom. The van der Waals surface area contributed by atoms with Crippen LogP contribution in [-0.4, -0.2) is 18.4 Å². The first-order chi connectivity index (χ1) is 15.5. The van der Waals surface area contributed by atoms with Gasteiger partial charge in [0.25, 0.3) is 0 Å². The van der Waals surface area contributed by atoms with E-state index in [1.165, 1.54) is 34.8 Å². The van der Waals surface area contributed by atoms with E-state index in [1.807, 2.05) is 32.9 Å². The molecule has 0 spiro atoms. The number of hydrogen-bond acceptors (Lipinski definition) is 4. The summed E-state index contributed by atoms with van der Waals surface area (Å²) >= 11 is 0. The van der Waals surface area contributed by atoms with Crippen molar-refractivity contribution in [3.8, 4) is 0 Å². The number of hydrogen-bond donors (Lipinski definition) is 0. The third-order valence-electron chi connectivity index (χ3n) is 5.87. The number of unbranched alkanes of at least 4 members (excludes halogenated alkanes) is 5. The molecular weight excluding hydrogens is 431 g/mol. The summed E-state index contributed by atoms with van der Waals surface area (Å²) in [4.78, 5) is 26.6. The Balaban J connectivity index is 0.00000497. The van der Waals surface area contributed by atoms with Gasteiger partial charge < -0.3 is 4.74 Å². The van der Waals surface area contributed by atoms with Crippen molar-refractivity contribution < 1.29 is 18.9 Å². The van der Waals surface area contributed by atoms with Gasteiger partial charge in [0.1, 0.15) is 5.92 Å². The van der Waals surface area contributed by atoms with Crippen molar-refractivity contribution in [3.05, 3.63) is 34.4 Å². The standard InChI is InChI=1S/C28H46O3.H2OP/c1-9-10-11-12-13-14-15-31-27(30)24(18-21(3)19-28(6,7)8)26(29)25-22(4)16-20(2)17-23(25)5;1-2/h16-17,21,24H,9-15,18-19H2,1-8H3;2H2/q;+1. The van der Waals surface area contributed by atoms with Crippen molar-refractivity contribution in [1.82, 2.24) is 0 Å². The fourth-order valence-electron chi connectivity index (χ4n) is 4.74. The Morgan fingerprint density at radius 3 is 1.97 bits per heavy atom. The number of carbonyl (C=O) groups excluding carboxylic acids is 2. The lowest BCUT2D eigenvalue weighted by molar-refractivity contribution is -0.147. The molecule has 188 valence electrons. The molecule has 0 aliphatic heterocycles. The Kier molecular flexibility index (Phi) is 15.4. The molecule has 4 nitrogen and oxygen atoms in total. The first-order valence-corrected chi connectivity index (χ1v) is 13.0. The third-order valence-corrected chi connectivity index (χ3v) is 5.87. The van der Waals surface area contributed by atoms with E-state index in [4.69, 9.17) is 9.30 Å². The minimum Gasteiger partial charge on any atom is -0.465 e. The molecule has 5 heteroatoms. The van der Waals surface area contributed by atoms with Crippen LogP contribution in [0, 0.1) is 38.0 Å². The van der Waals surface area contributed by atoms with Crippen molar-refractivity contribution in [2.75, 3.05) is 6.61 Å². The van der Waals surface area contributed by atoms with Gasteiger partial charge in [-0.15, -0.1) is 0 Å². The van der Waals surface area contributed by atoms with Crippen LogP contribution in [0.1, 0.15) is 113 Å². The molecule has 0 heterocycles. The van der Waals surface area contributed by atoms with Crippen molar-refractivity contribution >= 4 is 20.9 Å². The summed E-state index contributed by atoms with van der Waals surface area (Å²) in [6, 6.07) is 4.05. The summed E-state index contributed by atoms with van der Waals surface area (Å²) < 4.78 is 13.8. The second kappa shape index (κ2) is 16.1. The molecule has 3 atom stereocenters. The van der Waals surface area contributed by atoms with Gasteiger partial charge in [0, 0.05) is 5.56 Å². The van der Waals surface area contributed by atoms with E-state index in [1.54, 1.807) is 0 Å². The second-order valence-electron chi connectivity index (χ2n) is 10.7. The second-order valence-corrected chi connectivity index (χ2v) is 10.7. The fourth-order valence-corrected chi connectivity index (χ4v) is 4.74. The summed E-state index contributed by atoms with van der Waals surface area (Å²) in [7, 11) is 1.17. The average molecular weight is 480 g/mol. The highest BCUT2D eigenvalue weighted by Crippen LogP contribution is 2.31. The number of esters is 1. The van der Waals surface area contributed by atoms with E-state index >= 15 is 0 Å². The van der Waals surface area contributed by atoms with E-state index in [2.05, 4.69) is 34.6 Å². The maximum Gasteiger partial charge on any atom is 0.316 e. The lowest BCUT2D eigenvalue weighted by Crippen LogP contribution is -2.30. The van der Waals surface area contributed by atoms with Gasteiger partial charge in [0.2, 0.25) is 0 Å². The highest BCUT2D eigenvalue weighted by molar-refractivity contribution is 7.00. The molecule has 0 bridgehead atoms. The molecule has 0 radical (unpaired) electrons. The van der Waals surface area contributed by atoms with Gasteiger partial charge >= 0.3 is 15.1 Å². The number of carbonyl (C=O) groups is 2. The first kappa shape index (κ1) is 31.5. The van der Waals surface area contributed by atoms with Crippen LogP contribution in [0.3, 0.4) is 0 Å². The zero-order chi connectivity index (χ0) is 25.6. The van der Waals surface area contributed by atoms with Gasteiger partial charge in [-0.05, 0) is 62.5 Å². The van der Waals surface area contributed by atoms with E-state index in [9.17, 15) is 9.59 Å². The maximum atomic E-state index is 13.5. The van der Waals surface area contributed by atoms with E-state index in [0.717, 1.165) is 36.0 Å².